The lowest BCUT2D eigenvalue weighted by Crippen LogP contribution is -2.32. The Hall–Kier alpha value is -0.990. The lowest BCUT2D eigenvalue weighted by atomic mass is 10.2. The van der Waals surface area contributed by atoms with Crippen molar-refractivity contribution < 1.29 is 19.8 Å². The van der Waals surface area contributed by atoms with Crippen molar-refractivity contribution in [2.24, 2.45) is 11.5 Å². The van der Waals surface area contributed by atoms with Gasteiger partial charge in [0.15, 0.2) is 0 Å². The molecule has 0 aromatic heterocycles. The molecule has 0 amide bonds. The van der Waals surface area contributed by atoms with Crippen molar-refractivity contribution in [1.82, 2.24) is 0 Å². The summed E-state index contributed by atoms with van der Waals surface area (Å²) in [6.45, 7) is 0.500. The number of hydrogen-bond donors (Lipinski definition) is 4. The summed E-state index contributed by atoms with van der Waals surface area (Å²) in [6, 6.07) is 6.46. The Kier molecular flexibility index (Phi) is 11.0. The highest BCUT2D eigenvalue weighted by Crippen LogP contribution is 2.20. The monoisotopic (exact) mass is 368 g/mol. The van der Waals surface area contributed by atoms with Gasteiger partial charge in [0.05, 0.1) is 11.1 Å². The zero-order valence-corrected chi connectivity index (χ0v) is 13.9. The third kappa shape index (κ3) is 10.7. The Bertz CT molecular complexity index is 474. The molecule has 0 saturated heterocycles. The molecule has 1 aromatic rings. The Labute approximate surface area is 142 Å². The standard InChI is InChI=1S/C9H11Cl2NS.C4H7NO4/c10-8-3-1-7(2-4-8)6-13-9(11)5-12;5-2(4(8)9)1-3(6)7/h1-4,9H,5-6,12H2;2H,1,5H2,(H,6,7)(H,8,9)/t;2-/m.0/s1. The van der Waals surface area contributed by atoms with Crippen LogP contribution in [0.1, 0.15) is 12.0 Å². The van der Waals surface area contributed by atoms with E-state index < -0.39 is 24.4 Å². The summed E-state index contributed by atoms with van der Waals surface area (Å²) in [7, 11) is 0. The van der Waals surface area contributed by atoms with Gasteiger partial charge in [-0.1, -0.05) is 23.7 Å². The van der Waals surface area contributed by atoms with E-state index >= 15 is 0 Å². The molecule has 9 heteroatoms. The Morgan fingerprint density at radius 3 is 2.14 bits per heavy atom. The van der Waals surface area contributed by atoms with Gasteiger partial charge in [-0.05, 0) is 17.7 Å². The van der Waals surface area contributed by atoms with Crippen LogP contribution >= 0.6 is 35.0 Å². The van der Waals surface area contributed by atoms with Gasteiger partial charge in [0.2, 0.25) is 0 Å². The van der Waals surface area contributed by atoms with Gasteiger partial charge in [0.1, 0.15) is 6.04 Å². The Morgan fingerprint density at radius 2 is 1.77 bits per heavy atom. The minimum absolute atomic E-state index is 0.00400. The van der Waals surface area contributed by atoms with Crippen LogP contribution in [0.2, 0.25) is 5.02 Å². The topological polar surface area (TPSA) is 127 Å². The average Bonchev–Trinajstić information content (AvgIpc) is 2.46. The molecule has 2 atom stereocenters. The molecule has 0 radical (unpaired) electrons. The first-order chi connectivity index (χ1) is 10.3. The molecule has 22 heavy (non-hydrogen) atoms. The summed E-state index contributed by atoms with van der Waals surface area (Å²) >= 11 is 13.2. The van der Waals surface area contributed by atoms with Crippen molar-refractivity contribution in [3.8, 4) is 0 Å². The number of nitrogens with two attached hydrogens (primary N) is 2. The van der Waals surface area contributed by atoms with Crippen LogP contribution in [0.4, 0.5) is 0 Å². The second-order valence-corrected chi connectivity index (χ2v) is 6.54. The summed E-state index contributed by atoms with van der Waals surface area (Å²) in [5.41, 5.74) is 11.4. The van der Waals surface area contributed by atoms with E-state index in [0.717, 1.165) is 10.8 Å². The van der Waals surface area contributed by atoms with Crippen LogP contribution in [0.3, 0.4) is 0 Å². The highest BCUT2D eigenvalue weighted by molar-refractivity contribution is 8.00. The van der Waals surface area contributed by atoms with Crippen LogP contribution in [0.15, 0.2) is 24.3 Å². The average molecular weight is 369 g/mol. The SMILES string of the molecule is NCC(Cl)SCc1ccc(Cl)cc1.N[C@@H](CC(=O)O)C(=O)O. The van der Waals surface area contributed by atoms with E-state index in [1.54, 1.807) is 11.8 Å². The molecule has 124 valence electrons. The summed E-state index contributed by atoms with van der Waals surface area (Å²) in [5.74, 6) is -1.62. The Morgan fingerprint density at radius 1 is 1.23 bits per heavy atom. The normalized spacial score (nSPS) is 12.7. The van der Waals surface area contributed by atoms with E-state index in [-0.39, 0.29) is 4.71 Å². The summed E-state index contributed by atoms with van der Waals surface area (Å²) < 4.78 is -0.00400. The van der Waals surface area contributed by atoms with Crippen molar-refractivity contribution in [1.29, 1.82) is 0 Å². The van der Waals surface area contributed by atoms with Crippen molar-refractivity contribution in [3.05, 3.63) is 34.9 Å². The van der Waals surface area contributed by atoms with E-state index in [1.165, 1.54) is 5.56 Å². The fourth-order valence-electron chi connectivity index (χ4n) is 1.11. The highest BCUT2D eigenvalue weighted by Gasteiger charge is 2.14. The lowest BCUT2D eigenvalue weighted by Gasteiger charge is -2.05. The molecule has 1 rings (SSSR count). The van der Waals surface area contributed by atoms with E-state index in [0.29, 0.717) is 6.54 Å². The second kappa shape index (κ2) is 11.6. The molecule has 6 nitrogen and oxygen atoms in total. The fourth-order valence-corrected chi connectivity index (χ4v) is 2.13. The van der Waals surface area contributed by atoms with Crippen LogP contribution < -0.4 is 11.5 Å². The van der Waals surface area contributed by atoms with Gasteiger partial charge < -0.3 is 21.7 Å². The number of carbonyl (C=O) groups is 2. The van der Waals surface area contributed by atoms with Gasteiger partial charge in [-0.3, -0.25) is 9.59 Å². The Balaban J connectivity index is 0.000000433. The van der Waals surface area contributed by atoms with Gasteiger partial charge in [-0.2, -0.15) is 0 Å². The number of aliphatic carboxylic acids is 2. The number of rotatable bonds is 7. The lowest BCUT2D eigenvalue weighted by molar-refractivity contribution is -0.144. The van der Waals surface area contributed by atoms with E-state index in [2.05, 4.69) is 0 Å². The first-order valence-corrected chi connectivity index (χ1v) is 8.03. The van der Waals surface area contributed by atoms with Crippen molar-refractivity contribution in [2.75, 3.05) is 6.54 Å². The van der Waals surface area contributed by atoms with Gasteiger partial charge in [-0.25, -0.2) is 0 Å². The molecule has 0 spiro atoms. The molecule has 0 aliphatic rings. The molecular weight excluding hydrogens is 351 g/mol. The summed E-state index contributed by atoms with van der Waals surface area (Å²) in [5, 5.41) is 16.8. The molecule has 0 saturated carbocycles. The molecule has 0 bridgehead atoms. The minimum atomic E-state index is -1.29. The number of halogens is 2. The van der Waals surface area contributed by atoms with Gasteiger partial charge in [0, 0.05) is 17.3 Å². The first kappa shape index (κ1) is 21.0. The summed E-state index contributed by atoms with van der Waals surface area (Å²) in [4.78, 5) is 19.6. The van der Waals surface area contributed by atoms with Crippen LogP contribution in [-0.2, 0) is 15.3 Å². The van der Waals surface area contributed by atoms with Gasteiger partial charge in [0.25, 0.3) is 0 Å². The number of hydrogen-bond acceptors (Lipinski definition) is 5. The van der Waals surface area contributed by atoms with Crippen LogP contribution in [0.5, 0.6) is 0 Å². The first-order valence-electron chi connectivity index (χ1n) is 6.16. The maximum absolute atomic E-state index is 9.85. The molecular formula is C13H18Cl2N2O4S. The smallest absolute Gasteiger partial charge is 0.321 e. The summed E-state index contributed by atoms with van der Waals surface area (Å²) in [6.07, 6.45) is -0.532. The number of benzene rings is 1. The van der Waals surface area contributed by atoms with E-state index in [1.807, 2.05) is 24.3 Å². The van der Waals surface area contributed by atoms with Crippen LogP contribution in [0.25, 0.3) is 0 Å². The van der Waals surface area contributed by atoms with Gasteiger partial charge >= 0.3 is 11.9 Å². The predicted molar refractivity (Wildman–Crippen MR) is 89.3 cm³/mol. The van der Waals surface area contributed by atoms with Gasteiger partial charge in [-0.15, -0.1) is 23.4 Å². The third-order valence-electron chi connectivity index (χ3n) is 2.24. The van der Waals surface area contributed by atoms with Crippen LogP contribution in [0, 0.1) is 0 Å². The molecule has 0 fully saturated rings. The zero-order valence-electron chi connectivity index (χ0n) is 11.6. The van der Waals surface area contributed by atoms with Crippen LogP contribution in [-0.4, -0.2) is 39.4 Å². The number of carboxylic acids is 2. The molecule has 0 aliphatic carbocycles. The van der Waals surface area contributed by atoms with E-state index in [9.17, 15) is 9.59 Å². The maximum Gasteiger partial charge on any atom is 0.321 e. The molecule has 1 aromatic carbocycles. The second-order valence-electron chi connectivity index (χ2n) is 4.13. The predicted octanol–water partition coefficient (Wildman–Crippen LogP) is 1.97. The number of thioether (sulfide) groups is 1. The molecule has 1 unspecified atom stereocenters. The van der Waals surface area contributed by atoms with Crippen molar-refractivity contribution in [2.45, 2.75) is 22.9 Å². The fraction of sp³-hybridized carbons (Fsp3) is 0.385. The largest absolute Gasteiger partial charge is 0.481 e. The highest BCUT2D eigenvalue weighted by atomic mass is 35.5. The molecule has 0 aliphatic heterocycles. The van der Waals surface area contributed by atoms with Crippen molar-refractivity contribution >= 4 is 46.9 Å². The molecule has 0 heterocycles. The third-order valence-corrected chi connectivity index (χ3v) is 4.10. The molecule has 6 N–H and O–H groups in total. The van der Waals surface area contributed by atoms with Crippen molar-refractivity contribution in [3.63, 3.8) is 0 Å². The zero-order chi connectivity index (χ0) is 17.1. The minimum Gasteiger partial charge on any atom is -0.481 e. The quantitative estimate of drug-likeness (QED) is 0.541. The van der Waals surface area contributed by atoms with E-state index in [4.69, 9.17) is 44.9 Å². The number of carboxylic acid groups (broad SMARTS) is 2. The maximum atomic E-state index is 9.85. The number of alkyl halides is 1.